The Hall–Kier alpha value is -5.55. The predicted octanol–water partition coefficient (Wildman–Crippen LogP) is 10.8. The molecule has 0 spiro atoms. The molecule has 230 valence electrons. The number of halogens is 2. The number of aliphatic imine (C=N–C) groups is 2. The largest absolute Gasteiger partial charge is 0.275 e. The van der Waals surface area contributed by atoms with Crippen LogP contribution in [0.3, 0.4) is 0 Å². The van der Waals surface area contributed by atoms with Gasteiger partial charge in [0.05, 0.1) is 27.8 Å². The molecule has 0 aliphatic carbocycles. The first-order chi connectivity index (χ1) is 23.6. The van der Waals surface area contributed by atoms with E-state index in [2.05, 4.69) is 53.1 Å². The Morgan fingerprint density at radius 3 is 1.40 bits per heavy atom. The number of aromatic nitrogens is 2. The van der Waals surface area contributed by atoms with Gasteiger partial charge in [0.2, 0.25) is 0 Å². The Morgan fingerprint density at radius 1 is 0.438 bits per heavy atom. The Balaban J connectivity index is 1.59. The van der Waals surface area contributed by atoms with E-state index in [0.29, 0.717) is 21.4 Å². The van der Waals surface area contributed by atoms with Crippen molar-refractivity contribution in [2.24, 2.45) is 9.98 Å². The van der Waals surface area contributed by atoms with Gasteiger partial charge >= 0.3 is 0 Å². The summed E-state index contributed by atoms with van der Waals surface area (Å²) in [5.74, 6) is -0.729. The van der Waals surface area contributed by atoms with E-state index < -0.39 is 5.79 Å². The van der Waals surface area contributed by atoms with E-state index in [0.717, 1.165) is 50.6 Å². The summed E-state index contributed by atoms with van der Waals surface area (Å²) < 4.78 is 2.13. The van der Waals surface area contributed by atoms with Gasteiger partial charge in [-0.15, -0.1) is 0 Å². The van der Waals surface area contributed by atoms with Crippen molar-refractivity contribution in [3.63, 3.8) is 0 Å². The van der Waals surface area contributed by atoms with Gasteiger partial charge in [0.1, 0.15) is 5.82 Å². The van der Waals surface area contributed by atoms with Crippen molar-refractivity contribution >= 4 is 34.6 Å². The normalized spacial score (nSPS) is 13.6. The van der Waals surface area contributed by atoms with Crippen LogP contribution in [0.2, 0.25) is 10.0 Å². The lowest BCUT2D eigenvalue weighted by Gasteiger charge is -2.30. The molecule has 0 amide bonds. The highest BCUT2D eigenvalue weighted by Crippen LogP contribution is 2.48. The molecular formula is C42H28Cl2N4. The Bertz CT molecular complexity index is 2240. The third-order valence-electron chi connectivity index (χ3n) is 8.49. The van der Waals surface area contributed by atoms with Crippen molar-refractivity contribution < 1.29 is 0 Å². The molecule has 1 aliphatic rings. The highest BCUT2D eigenvalue weighted by Gasteiger charge is 2.46. The fourth-order valence-electron chi connectivity index (χ4n) is 6.32. The minimum absolute atomic E-state index is 0.533. The second-order valence-corrected chi connectivity index (χ2v) is 12.3. The molecule has 0 fully saturated rings. The average molecular weight is 660 g/mol. The molecule has 6 heteroatoms. The number of benzene rings is 6. The standard InChI is InChI=1S/C42H28Cl2N4/c43-35-27-15-13-25-33(35)40-39(31-21-9-3-10-22-31)45-41(32-23-11-4-12-24-32)48(40)42(34-26-14-16-28-36(34)44)46-37(29-17-5-1-6-18-29)38(47-42)30-19-7-2-8-20-30/h1-28H. The summed E-state index contributed by atoms with van der Waals surface area (Å²) in [4.78, 5) is 16.8. The molecule has 0 bridgehead atoms. The maximum Gasteiger partial charge on any atom is 0.263 e. The summed E-state index contributed by atoms with van der Waals surface area (Å²) in [6.07, 6.45) is 0. The third kappa shape index (κ3) is 5.16. The number of imidazole rings is 1. The van der Waals surface area contributed by atoms with Crippen LogP contribution in [0.15, 0.2) is 180 Å². The first kappa shape index (κ1) is 29.8. The molecule has 4 nitrogen and oxygen atoms in total. The Kier molecular flexibility index (Phi) is 7.81. The molecule has 6 aromatic carbocycles. The van der Waals surface area contributed by atoms with Crippen LogP contribution in [0.4, 0.5) is 0 Å². The average Bonchev–Trinajstić information content (AvgIpc) is 3.75. The topological polar surface area (TPSA) is 42.5 Å². The van der Waals surface area contributed by atoms with E-state index in [9.17, 15) is 0 Å². The fraction of sp³-hybridized carbons (Fsp3) is 0.0238. The minimum Gasteiger partial charge on any atom is -0.275 e. The predicted molar refractivity (Wildman–Crippen MR) is 198 cm³/mol. The molecule has 0 saturated heterocycles. The van der Waals surface area contributed by atoms with Gasteiger partial charge in [-0.3, -0.25) is 4.57 Å². The maximum absolute atomic E-state index is 7.18. The summed E-state index contributed by atoms with van der Waals surface area (Å²) in [6.45, 7) is 0. The first-order valence-corrected chi connectivity index (χ1v) is 16.4. The van der Waals surface area contributed by atoms with Crippen LogP contribution in [0, 0.1) is 0 Å². The molecule has 0 unspecified atom stereocenters. The van der Waals surface area contributed by atoms with Gasteiger partial charge in [-0.1, -0.05) is 181 Å². The number of hydrogen-bond donors (Lipinski definition) is 0. The van der Waals surface area contributed by atoms with Crippen LogP contribution in [-0.2, 0) is 5.79 Å². The van der Waals surface area contributed by atoms with E-state index in [1.807, 2.05) is 121 Å². The zero-order chi connectivity index (χ0) is 32.5. The number of nitrogens with zero attached hydrogens (tertiary/aromatic N) is 4. The lowest BCUT2D eigenvalue weighted by molar-refractivity contribution is 0.409. The second kappa shape index (κ2) is 12.6. The quantitative estimate of drug-likeness (QED) is 0.168. The molecule has 1 aromatic heterocycles. The number of rotatable bonds is 7. The Labute approximate surface area is 289 Å². The number of hydrogen-bond acceptors (Lipinski definition) is 3. The first-order valence-electron chi connectivity index (χ1n) is 15.7. The van der Waals surface area contributed by atoms with Gasteiger partial charge in [-0.25, -0.2) is 15.0 Å². The second-order valence-electron chi connectivity index (χ2n) is 11.4. The van der Waals surface area contributed by atoms with E-state index in [1.165, 1.54) is 0 Å². The van der Waals surface area contributed by atoms with Gasteiger partial charge in [0, 0.05) is 38.4 Å². The molecule has 8 rings (SSSR count). The van der Waals surface area contributed by atoms with Crippen molar-refractivity contribution in [3.05, 3.63) is 197 Å². The monoisotopic (exact) mass is 658 g/mol. The highest BCUT2D eigenvalue weighted by atomic mass is 35.5. The SMILES string of the molecule is Clc1ccccc1-c1c(-c2ccccc2)nc(-c2ccccc2)n1C1(c2ccccc2Cl)N=C(c2ccccc2)C(c2ccccc2)=N1. The van der Waals surface area contributed by atoms with Gasteiger partial charge < -0.3 is 0 Å². The van der Waals surface area contributed by atoms with Gasteiger partial charge in [-0.05, 0) is 12.1 Å². The van der Waals surface area contributed by atoms with Crippen molar-refractivity contribution in [2.45, 2.75) is 5.79 Å². The van der Waals surface area contributed by atoms with Crippen LogP contribution in [0.1, 0.15) is 16.7 Å². The molecule has 0 saturated carbocycles. The van der Waals surface area contributed by atoms with Crippen molar-refractivity contribution in [1.82, 2.24) is 9.55 Å². The highest BCUT2D eigenvalue weighted by molar-refractivity contribution is 6.54. The van der Waals surface area contributed by atoms with Gasteiger partial charge in [-0.2, -0.15) is 0 Å². The van der Waals surface area contributed by atoms with Crippen LogP contribution >= 0.6 is 23.2 Å². The summed E-state index contributed by atoms with van der Waals surface area (Å²) in [5, 5.41) is 1.12. The summed E-state index contributed by atoms with van der Waals surface area (Å²) >= 11 is 14.3. The molecule has 7 aromatic rings. The maximum atomic E-state index is 7.18. The molecule has 48 heavy (non-hydrogen) atoms. The molecule has 1 aliphatic heterocycles. The third-order valence-corrected chi connectivity index (χ3v) is 9.15. The summed E-state index contributed by atoms with van der Waals surface area (Å²) in [5.41, 5.74) is 8.29. The molecule has 0 radical (unpaired) electrons. The molecule has 0 atom stereocenters. The molecule has 0 N–H and O–H groups in total. The molecular weight excluding hydrogens is 631 g/mol. The molecule has 2 heterocycles. The van der Waals surface area contributed by atoms with Crippen LogP contribution in [0.5, 0.6) is 0 Å². The lowest BCUT2D eigenvalue weighted by Crippen LogP contribution is -2.31. The van der Waals surface area contributed by atoms with Crippen molar-refractivity contribution in [2.75, 3.05) is 0 Å². The zero-order valence-corrected chi connectivity index (χ0v) is 27.2. The van der Waals surface area contributed by atoms with Crippen LogP contribution in [0.25, 0.3) is 33.9 Å². The lowest BCUT2D eigenvalue weighted by atomic mass is 10.0. The van der Waals surface area contributed by atoms with E-state index in [-0.39, 0.29) is 0 Å². The smallest absolute Gasteiger partial charge is 0.263 e. The Morgan fingerprint density at radius 2 is 0.875 bits per heavy atom. The fourth-order valence-corrected chi connectivity index (χ4v) is 6.80. The van der Waals surface area contributed by atoms with Crippen LogP contribution in [-0.4, -0.2) is 21.0 Å². The summed E-state index contributed by atoms with van der Waals surface area (Å²) in [7, 11) is 0. The van der Waals surface area contributed by atoms with Gasteiger partial charge in [0.25, 0.3) is 5.79 Å². The van der Waals surface area contributed by atoms with Crippen LogP contribution < -0.4 is 0 Å². The van der Waals surface area contributed by atoms with E-state index >= 15 is 0 Å². The van der Waals surface area contributed by atoms with E-state index in [4.69, 9.17) is 38.2 Å². The van der Waals surface area contributed by atoms with E-state index in [1.54, 1.807) is 0 Å². The zero-order valence-electron chi connectivity index (χ0n) is 25.7. The van der Waals surface area contributed by atoms with Crippen molar-refractivity contribution in [1.29, 1.82) is 0 Å². The summed E-state index contributed by atoms with van der Waals surface area (Å²) in [6, 6.07) is 56.3. The minimum atomic E-state index is -1.41. The van der Waals surface area contributed by atoms with Crippen molar-refractivity contribution in [3.8, 4) is 33.9 Å². The van der Waals surface area contributed by atoms with Gasteiger partial charge in [0.15, 0.2) is 0 Å².